The van der Waals surface area contributed by atoms with Crippen molar-refractivity contribution in [2.75, 3.05) is 7.05 Å². The molecule has 2 aliphatic heterocycles. The van der Waals surface area contributed by atoms with E-state index in [0.29, 0.717) is 41.8 Å². The molecule has 6 nitrogen and oxygen atoms in total. The number of nitrogens with zero attached hydrogens (tertiary/aromatic N) is 2. The number of carbonyl (C=O) groups excluding carboxylic acids is 3. The Labute approximate surface area is 235 Å². The number of fused-ring (bicyclic) bond motifs is 3. The van der Waals surface area contributed by atoms with Gasteiger partial charge in [-0.1, -0.05) is 51.1 Å². The highest BCUT2D eigenvalue weighted by molar-refractivity contribution is 7.98. The molecule has 1 N–H and O–H groups in total. The van der Waals surface area contributed by atoms with Crippen molar-refractivity contribution in [1.82, 2.24) is 15.1 Å². The van der Waals surface area contributed by atoms with Crippen LogP contribution in [0.25, 0.3) is 0 Å². The lowest BCUT2D eigenvalue weighted by Gasteiger charge is -2.39. The Morgan fingerprint density at radius 2 is 1.74 bits per heavy atom. The van der Waals surface area contributed by atoms with E-state index in [2.05, 4.69) is 56.4 Å². The van der Waals surface area contributed by atoms with Crippen molar-refractivity contribution in [2.24, 2.45) is 16.7 Å². The van der Waals surface area contributed by atoms with E-state index in [1.807, 2.05) is 12.1 Å². The molecule has 2 aromatic carbocycles. The third kappa shape index (κ3) is 4.33. The number of likely N-dealkylation sites (tertiary alicyclic amines) is 1. The maximum absolute atomic E-state index is 13.2. The summed E-state index contributed by atoms with van der Waals surface area (Å²) < 4.78 is 0. The van der Waals surface area contributed by atoms with Crippen LogP contribution in [0.1, 0.15) is 79.9 Å². The molecule has 2 heterocycles. The fraction of sp³-hybridized carbons (Fsp3) is 0.531. The van der Waals surface area contributed by atoms with Crippen LogP contribution in [0, 0.1) is 16.7 Å². The smallest absolute Gasteiger partial charge is 0.255 e. The van der Waals surface area contributed by atoms with Gasteiger partial charge in [-0.15, -0.1) is 11.8 Å². The molecular weight excluding hydrogens is 506 g/mol. The normalized spacial score (nSPS) is 29.4. The summed E-state index contributed by atoms with van der Waals surface area (Å²) in [4.78, 5) is 41.8. The molecule has 0 aromatic heterocycles. The van der Waals surface area contributed by atoms with Gasteiger partial charge in [-0.2, -0.15) is 0 Å². The lowest BCUT2D eigenvalue weighted by atomic mass is 9.69. The van der Waals surface area contributed by atoms with Gasteiger partial charge in [0.15, 0.2) is 0 Å². The van der Waals surface area contributed by atoms with Crippen molar-refractivity contribution in [3.8, 4) is 0 Å². The topological polar surface area (TPSA) is 69.7 Å². The lowest BCUT2D eigenvalue weighted by molar-refractivity contribution is -0.150. The fourth-order valence-electron chi connectivity index (χ4n) is 7.57. The van der Waals surface area contributed by atoms with Gasteiger partial charge in [0.1, 0.15) is 6.04 Å². The van der Waals surface area contributed by atoms with Gasteiger partial charge in [-0.05, 0) is 71.3 Å². The quantitative estimate of drug-likeness (QED) is 0.373. The zero-order chi connectivity index (χ0) is 27.5. The summed E-state index contributed by atoms with van der Waals surface area (Å²) in [5.74, 6) is 1.08. The van der Waals surface area contributed by atoms with Gasteiger partial charge in [0, 0.05) is 48.8 Å². The molecule has 4 aliphatic rings. The highest BCUT2D eigenvalue weighted by Crippen LogP contribution is 2.65. The molecular formula is C32H39N3O3S. The molecule has 4 atom stereocenters. The van der Waals surface area contributed by atoms with E-state index in [-0.39, 0.29) is 17.7 Å². The summed E-state index contributed by atoms with van der Waals surface area (Å²) >= 11 is 1.73. The number of carbonyl (C=O) groups is 3. The van der Waals surface area contributed by atoms with Gasteiger partial charge in [0.25, 0.3) is 11.8 Å². The minimum absolute atomic E-state index is 0.113. The van der Waals surface area contributed by atoms with Crippen molar-refractivity contribution in [3.05, 3.63) is 64.7 Å². The minimum atomic E-state index is -0.570. The van der Waals surface area contributed by atoms with Gasteiger partial charge in [-0.25, -0.2) is 0 Å². The molecule has 1 unspecified atom stereocenters. The first kappa shape index (κ1) is 26.6. The van der Waals surface area contributed by atoms with Crippen molar-refractivity contribution in [2.45, 2.75) is 88.7 Å². The number of benzene rings is 2. The molecule has 206 valence electrons. The van der Waals surface area contributed by atoms with Crippen LogP contribution >= 0.6 is 11.8 Å². The molecule has 3 fully saturated rings. The van der Waals surface area contributed by atoms with Crippen LogP contribution in [0.15, 0.2) is 47.4 Å². The van der Waals surface area contributed by atoms with Crippen LogP contribution in [0.2, 0.25) is 0 Å². The Hall–Kier alpha value is -2.64. The molecule has 7 heteroatoms. The molecule has 39 heavy (non-hydrogen) atoms. The fourth-order valence-corrected chi connectivity index (χ4v) is 8.61. The second kappa shape index (κ2) is 9.77. The van der Waals surface area contributed by atoms with Crippen LogP contribution in [-0.4, -0.2) is 46.7 Å². The number of piperidine rings is 1. The number of rotatable bonds is 7. The predicted molar refractivity (Wildman–Crippen MR) is 153 cm³/mol. The average molecular weight is 546 g/mol. The first-order chi connectivity index (χ1) is 18.6. The summed E-state index contributed by atoms with van der Waals surface area (Å²) in [5.41, 5.74) is 5.04. The predicted octanol–water partition coefficient (Wildman–Crippen LogP) is 5.39. The van der Waals surface area contributed by atoms with E-state index in [0.717, 1.165) is 33.6 Å². The van der Waals surface area contributed by atoms with Gasteiger partial charge >= 0.3 is 0 Å². The van der Waals surface area contributed by atoms with Gasteiger partial charge in [0.05, 0.1) is 0 Å². The summed E-state index contributed by atoms with van der Waals surface area (Å²) in [7, 11) is 1.51. The van der Waals surface area contributed by atoms with E-state index < -0.39 is 6.04 Å². The van der Waals surface area contributed by atoms with E-state index >= 15 is 0 Å². The van der Waals surface area contributed by atoms with Gasteiger partial charge in [-0.3, -0.25) is 19.3 Å². The molecule has 2 aromatic rings. The van der Waals surface area contributed by atoms with Crippen LogP contribution in [-0.2, 0) is 28.4 Å². The monoisotopic (exact) mass is 545 g/mol. The number of hydrogen-bond donors (Lipinski definition) is 1. The van der Waals surface area contributed by atoms with E-state index in [1.54, 1.807) is 16.7 Å². The number of hydrogen-bond acceptors (Lipinski definition) is 5. The van der Waals surface area contributed by atoms with Crippen LogP contribution in [0.4, 0.5) is 0 Å². The summed E-state index contributed by atoms with van der Waals surface area (Å²) in [5, 5.41) is 3.89. The Morgan fingerprint density at radius 1 is 1.00 bits per heavy atom. The number of thioether (sulfide) groups is 1. The number of nitrogens with one attached hydrogen (secondary N) is 1. The molecule has 2 bridgehead atoms. The maximum atomic E-state index is 13.2. The van der Waals surface area contributed by atoms with Crippen molar-refractivity contribution in [3.63, 3.8) is 0 Å². The number of amides is 3. The van der Waals surface area contributed by atoms with Crippen LogP contribution in [0.3, 0.4) is 0 Å². The standard InChI is InChI=1S/C32H39N3O3S/c1-31(2)22-14-15-32(31,3)27(16-22)33-17-20-8-10-21(11-9-20)19-39-26-7-5-6-23-24(26)18-35(29(23)37)25-12-13-28(36)34(4)30(25)38/h5-11,22,25,27,33H,12-19H2,1-4H3/t22-,25?,27+,32+/m1/s1. The molecule has 2 aliphatic carbocycles. The van der Waals surface area contributed by atoms with Crippen LogP contribution < -0.4 is 5.32 Å². The highest BCUT2D eigenvalue weighted by Gasteiger charge is 2.61. The van der Waals surface area contributed by atoms with Crippen molar-refractivity contribution in [1.29, 1.82) is 0 Å². The Morgan fingerprint density at radius 3 is 2.44 bits per heavy atom. The second-order valence-electron chi connectivity index (χ2n) is 12.7. The zero-order valence-electron chi connectivity index (χ0n) is 23.5. The SMILES string of the molecule is CN1C(=O)CCC(N2Cc3c(SCc4ccc(CN[C@H]5C[C@H]6CC[C@]5(C)C6(C)C)cc4)cccc3C2=O)C1=O. The molecule has 1 saturated heterocycles. The van der Waals surface area contributed by atoms with E-state index in [9.17, 15) is 14.4 Å². The summed E-state index contributed by atoms with van der Waals surface area (Å²) in [6.45, 7) is 8.73. The van der Waals surface area contributed by atoms with E-state index in [4.69, 9.17) is 0 Å². The third-order valence-corrected chi connectivity index (χ3v) is 11.9. The van der Waals surface area contributed by atoms with Crippen molar-refractivity contribution < 1.29 is 14.4 Å². The first-order valence-electron chi connectivity index (χ1n) is 14.3. The molecule has 0 radical (unpaired) electrons. The Balaban J connectivity index is 1.07. The van der Waals surface area contributed by atoms with Crippen molar-refractivity contribution >= 4 is 29.5 Å². The lowest BCUT2D eigenvalue weighted by Crippen LogP contribution is -2.53. The molecule has 2 saturated carbocycles. The maximum Gasteiger partial charge on any atom is 0.255 e. The third-order valence-electron chi connectivity index (χ3n) is 10.7. The van der Waals surface area contributed by atoms with Crippen LogP contribution in [0.5, 0.6) is 0 Å². The van der Waals surface area contributed by atoms with Gasteiger partial charge < -0.3 is 10.2 Å². The summed E-state index contributed by atoms with van der Waals surface area (Å²) in [6.07, 6.45) is 4.69. The second-order valence-corrected chi connectivity index (χ2v) is 13.7. The van der Waals surface area contributed by atoms with Gasteiger partial charge in [0.2, 0.25) is 5.91 Å². The molecule has 3 amide bonds. The Bertz CT molecular complexity index is 1320. The minimum Gasteiger partial charge on any atom is -0.322 e. The summed E-state index contributed by atoms with van der Waals surface area (Å²) in [6, 6.07) is 14.8. The number of imide groups is 1. The van der Waals surface area contributed by atoms with E-state index in [1.165, 1.54) is 37.4 Å². The highest BCUT2D eigenvalue weighted by atomic mass is 32.2. The average Bonchev–Trinajstić information content (AvgIpc) is 3.45. The molecule has 6 rings (SSSR count). The Kier molecular flexibility index (Phi) is 6.66. The first-order valence-corrected chi connectivity index (χ1v) is 15.3. The zero-order valence-corrected chi connectivity index (χ0v) is 24.3. The number of likely N-dealkylation sites (N-methyl/N-ethyl adjacent to an activating group) is 1. The molecule has 0 spiro atoms. The largest absolute Gasteiger partial charge is 0.322 e.